The Bertz CT molecular complexity index is 1290. The van der Waals surface area contributed by atoms with Crippen LogP contribution in [0.3, 0.4) is 0 Å². The molecule has 1 aromatic heterocycles. The van der Waals surface area contributed by atoms with Gasteiger partial charge in [0, 0.05) is 23.4 Å². The Balaban J connectivity index is 1.60. The summed E-state index contributed by atoms with van der Waals surface area (Å²) in [5, 5.41) is 13.8. The molecule has 2 bridgehead atoms. The minimum Gasteiger partial charge on any atom is -0.493 e. The highest BCUT2D eigenvalue weighted by Gasteiger charge is 2.72. The Hall–Kier alpha value is -2.63. The molecule has 2 aliphatic heterocycles. The molecule has 5 heteroatoms. The van der Waals surface area contributed by atoms with Gasteiger partial charge in [-0.2, -0.15) is 0 Å². The van der Waals surface area contributed by atoms with Gasteiger partial charge in [-0.3, -0.25) is 0 Å². The molecule has 158 valence electrons. The molecular weight excluding hydrogens is 388 g/mol. The highest BCUT2D eigenvalue weighted by atomic mass is 16.5. The molecular formula is C26H26N2O3. The van der Waals surface area contributed by atoms with Gasteiger partial charge in [-0.1, -0.05) is 24.3 Å². The van der Waals surface area contributed by atoms with E-state index in [-0.39, 0.29) is 12.1 Å². The van der Waals surface area contributed by atoms with E-state index in [1.165, 1.54) is 16.7 Å². The van der Waals surface area contributed by atoms with Crippen LogP contribution in [-0.4, -0.2) is 47.3 Å². The topological polar surface area (TPSA) is 54.8 Å². The van der Waals surface area contributed by atoms with Gasteiger partial charge < -0.3 is 19.5 Å². The molecule has 0 radical (unpaired) electrons. The fourth-order valence-electron chi connectivity index (χ4n) is 7.22. The second-order valence-electron chi connectivity index (χ2n) is 9.77. The SMILES string of the molecule is COc1ccc2c3c1OC1c4nc5ccccc5c(C)c4CC4(O)[C@H](C2)N(C)CC[C@]314. The summed E-state index contributed by atoms with van der Waals surface area (Å²) in [7, 11) is 3.84. The Kier molecular flexibility index (Phi) is 3.24. The maximum absolute atomic E-state index is 12.6. The highest BCUT2D eigenvalue weighted by Crippen LogP contribution is 2.68. The Morgan fingerprint density at radius 3 is 2.90 bits per heavy atom. The van der Waals surface area contributed by atoms with E-state index in [2.05, 4.69) is 43.1 Å². The first-order chi connectivity index (χ1) is 15.0. The number of rotatable bonds is 1. The first kappa shape index (κ1) is 18.0. The number of fused-ring (bicyclic) bond motifs is 3. The lowest BCUT2D eigenvalue weighted by Crippen LogP contribution is -2.74. The lowest BCUT2D eigenvalue weighted by atomic mass is 9.48. The molecule has 1 saturated heterocycles. The molecule has 0 saturated carbocycles. The van der Waals surface area contributed by atoms with E-state index >= 15 is 0 Å². The van der Waals surface area contributed by atoms with Crippen LogP contribution in [0.4, 0.5) is 0 Å². The summed E-state index contributed by atoms with van der Waals surface area (Å²) in [6, 6.07) is 12.5. The number of methoxy groups -OCH3 is 1. The van der Waals surface area contributed by atoms with Crippen LogP contribution >= 0.6 is 0 Å². The van der Waals surface area contributed by atoms with Gasteiger partial charge in [-0.25, -0.2) is 4.98 Å². The van der Waals surface area contributed by atoms with Crippen molar-refractivity contribution in [3.8, 4) is 11.5 Å². The zero-order valence-corrected chi connectivity index (χ0v) is 18.1. The number of benzene rings is 2. The molecule has 1 spiro atoms. The fraction of sp³-hybridized carbons (Fsp3) is 0.423. The number of hydrogen-bond donors (Lipinski definition) is 1. The van der Waals surface area contributed by atoms with E-state index in [1.807, 2.05) is 12.1 Å². The van der Waals surface area contributed by atoms with Gasteiger partial charge in [0.15, 0.2) is 17.6 Å². The number of para-hydroxylation sites is 1. The summed E-state index contributed by atoms with van der Waals surface area (Å²) < 4.78 is 12.5. The molecule has 3 aromatic rings. The highest BCUT2D eigenvalue weighted by molar-refractivity contribution is 5.84. The number of aromatic nitrogens is 1. The molecule has 2 aliphatic carbocycles. The molecule has 4 aliphatic rings. The van der Waals surface area contributed by atoms with Crippen LogP contribution in [0, 0.1) is 6.92 Å². The number of likely N-dealkylation sites (tertiary alicyclic amines) is 1. The molecule has 0 amide bonds. The largest absolute Gasteiger partial charge is 0.493 e. The minimum absolute atomic E-state index is 0.0539. The number of aliphatic hydroxyl groups is 1. The fourth-order valence-corrected chi connectivity index (χ4v) is 7.22. The van der Waals surface area contributed by atoms with Gasteiger partial charge in [-0.15, -0.1) is 0 Å². The number of ether oxygens (including phenoxy) is 2. The number of hydrogen-bond acceptors (Lipinski definition) is 5. The van der Waals surface area contributed by atoms with Crippen LogP contribution in [0.2, 0.25) is 0 Å². The maximum atomic E-state index is 12.6. The van der Waals surface area contributed by atoms with Crippen molar-refractivity contribution in [1.82, 2.24) is 9.88 Å². The third-order valence-electron chi connectivity index (χ3n) is 8.69. The Morgan fingerprint density at radius 1 is 1.23 bits per heavy atom. The van der Waals surface area contributed by atoms with Crippen LogP contribution in [0.5, 0.6) is 11.5 Å². The third kappa shape index (κ3) is 1.86. The summed E-state index contributed by atoms with van der Waals surface area (Å²) in [6.07, 6.45) is 1.98. The number of likely N-dealkylation sites (N-methyl/N-ethyl adjacent to an activating group) is 1. The van der Waals surface area contributed by atoms with Crippen molar-refractivity contribution >= 4 is 10.9 Å². The second kappa shape index (κ2) is 5.59. The maximum Gasteiger partial charge on any atom is 0.166 e. The van der Waals surface area contributed by atoms with E-state index in [4.69, 9.17) is 14.5 Å². The molecule has 1 N–H and O–H groups in total. The quantitative estimate of drug-likeness (QED) is 0.661. The molecule has 3 heterocycles. The van der Waals surface area contributed by atoms with Crippen LogP contribution in [0.15, 0.2) is 36.4 Å². The van der Waals surface area contributed by atoms with Crippen molar-refractivity contribution in [2.24, 2.45) is 0 Å². The first-order valence-corrected chi connectivity index (χ1v) is 11.2. The predicted octanol–water partition coefficient (Wildman–Crippen LogP) is 3.47. The Labute approximate surface area is 181 Å². The lowest BCUT2D eigenvalue weighted by Gasteiger charge is -2.62. The molecule has 2 unspecified atom stereocenters. The van der Waals surface area contributed by atoms with E-state index in [1.54, 1.807) is 7.11 Å². The van der Waals surface area contributed by atoms with Crippen molar-refractivity contribution in [1.29, 1.82) is 0 Å². The van der Waals surface area contributed by atoms with E-state index in [0.29, 0.717) is 6.42 Å². The summed E-state index contributed by atoms with van der Waals surface area (Å²) in [4.78, 5) is 7.50. The number of nitrogens with zero attached hydrogens (tertiary/aromatic N) is 2. The van der Waals surface area contributed by atoms with Crippen molar-refractivity contribution < 1.29 is 14.6 Å². The average molecular weight is 415 g/mol. The van der Waals surface area contributed by atoms with Crippen molar-refractivity contribution in [3.05, 3.63) is 64.3 Å². The standard InChI is InChI=1S/C26H26N2O3/c1-14-16-6-4-5-7-18(16)27-22-17(14)13-26(29)20-12-15-8-9-19(30-3)23-21(15)25(26,24(22)31-23)10-11-28(20)2/h4-9,20,24,29H,10-13H2,1-3H3/t20-,24?,25-,26?/m0/s1. The van der Waals surface area contributed by atoms with E-state index < -0.39 is 11.0 Å². The van der Waals surface area contributed by atoms with Crippen LogP contribution in [-0.2, 0) is 18.3 Å². The van der Waals surface area contributed by atoms with Gasteiger partial charge in [0.1, 0.15) is 0 Å². The average Bonchev–Trinajstić information content (AvgIpc) is 3.13. The molecule has 2 aromatic carbocycles. The normalized spacial score (nSPS) is 32.4. The minimum atomic E-state index is -0.906. The predicted molar refractivity (Wildman–Crippen MR) is 118 cm³/mol. The summed E-state index contributed by atoms with van der Waals surface area (Å²) in [5.74, 6) is 1.56. The number of pyridine rings is 1. The second-order valence-corrected chi connectivity index (χ2v) is 9.77. The van der Waals surface area contributed by atoms with Crippen molar-refractivity contribution in [2.75, 3.05) is 20.7 Å². The summed E-state index contributed by atoms with van der Waals surface area (Å²) in [6.45, 7) is 3.10. The zero-order valence-electron chi connectivity index (χ0n) is 18.1. The van der Waals surface area contributed by atoms with Crippen LogP contribution in [0.1, 0.15) is 40.5 Å². The van der Waals surface area contributed by atoms with Crippen LogP contribution < -0.4 is 9.47 Å². The first-order valence-electron chi connectivity index (χ1n) is 11.2. The number of piperidine rings is 1. The number of aryl methyl sites for hydroxylation is 1. The van der Waals surface area contributed by atoms with E-state index in [9.17, 15) is 5.11 Å². The van der Waals surface area contributed by atoms with Gasteiger partial charge in [0.05, 0.1) is 29.3 Å². The smallest absolute Gasteiger partial charge is 0.166 e. The molecule has 31 heavy (non-hydrogen) atoms. The van der Waals surface area contributed by atoms with Gasteiger partial charge in [0.2, 0.25) is 0 Å². The molecule has 4 atom stereocenters. The van der Waals surface area contributed by atoms with E-state index in [0.717, 1.165) is 53.0 Å². The monoisotopic (exact) mass is 414 g/mol. The lowest BCUT2D eigenvalue weighted by molar-refractivity contribution is -0.168. The summed E-state index contributed by atoms with van der Waals surface area (Å²) in [5.41, 5.74) is 5.40. The van der Waals surface area contributed by atoms with Gasteiger partial charge in [-0.05, 0) is 62.2 Å². The van der Waals surface area contributed by atoms with Gasteiger partial charge in [0.25, 0.3) is 0 Å². The van der Waals surface area contributed by atoms with Crippen molar-refractivity contribution in [3.63, 3.8) is 0 Å². The molecule has 5 nitrogen and oxygen atoms in total. The molecule has 7 rings (SSSR count). The summed E-state index contributed by atoms with van der Waals surface area (Å²) >= 11 is 0. The van der Waals surface area contributed by atoms with Crippen LogP contribution in [0.25, 0.3) is 10.9 Å². The van der Waals surface area contributed by atoms with Gasteiger partial charge >= 0.3 is 0 Å². The third-order valence-corrected chi connectivity index (χ3v) is 8.69. The molecule has 1 fully saturated rings. The Morgan fingerprint density at radius 2 is 2.06 bits per heavy atom. The van der Waals surface area contributed by atoms with Crippen molar-refractivity contribution in [2.45, 2.75) is 49.3 Å². The zero-order chi connectivity index (χ0) is 21.1.